The molecule has 1 unspecified atom stereocenters. The summed E-state index contributed by atoms with van der Waals surface area (Å²) in [5.41, 5.74) is 0.926. The molecule has 142 valence electrons. The Morgan fingerprint density at radius 3 is 2.77 bits per heavy atom. The van der Waals surface area contributed by atoms with E-state index in [9.17, 15) is 9.59 Å². The molecule has 0 aromatic heterocycles. The van der Waals surface area contributed by atoms with Gasteiger partial charge in [0.15, 0.2) is 0 Å². The fourth-order valence-electron chi connectivity index (χ4n) is 4.28. The first-order valence-electron chi connectivity index (χ1n) is 9.75. The van der Waals surface area contributed by atoms with Gasteiger partial charge in [-0.05, 0) is 37.7 Å². The monoisotopic (exact) mass is 358 g/mol. The number of nitrogens with zero attached hydrogens (tertiary/aromatic N) is 2. The highest BCUT2D eigenvalue weighted by atomic mass is 16.5. The summed E-state index contributed by atoms with van der Waals surface area (Å²) in [4.78, 5) is 29.4. The molecule has 3 rings (SSSR count). The lowest BCUT2D eigenvalue weighted by atomic mass is 9.78. The minimum absolute atomic E-state index is 0.194. The molecule has 1 spiro atoms. The third kappa shape index (κ3) is 4.26. The number of methoxy groups -OCH3 is 1. The smallest absolute Gasteiger partial charge is 0.230 e. The third-order valence-electron chi connectivity index (χ3n) is 5.80. The fourth-order valence-corrected chi connectivity index (χ4v) is 4.28. The van der Waals surface area contributed by atoms with Crippen molar-refractivity contribution in [2.45, 2.75) is 38.5 Å². The lowest BCUT2D eigenvalue weighted by Crippen LogP contribution is -2.51. The molecular weight excluding hydrogens is 328 g/mol. The first kappa shape index (κ1) is 18.9. The van der Waals surface area contributed by atoms with Crippen LogP contribution in [-0.4, -0.2) is 61.5 Å². The maximum absolute atomic E-state index is 13.0. The number of benzene rings is 1. The van der Waals surface area contributed by atoms with Crippen LogP contribution in [0.25, 0.3) is 0 Å². The first-order chi connectivity index (χ1) is 12.6. The molecule has 26 heavy (non-hydrogen) atoms. The van der Waals surface area contributed by atoms with Gasteiger partial charge in [-0.3, -0.25) is 9.59 Å². The van der Waals surface area contributed by atoms with Crippen LogP contribution in [0.2, 0.25) is 0 Å². The number of carbonyl (C=O) groups is 2. The molecule has 2 amide bonds. The van der Waals surface area contributed by atoms with E-state index >= 15 is 0 Å². The van der Waals surface area contributed by atoms with Crippen LogP contribution in [0, 0.1) is 5.41 Å². The normalized spacial score (nSPS) is 23.0. The van der Waals surface area contributed by atoms with Crippen LogP contribution < -0.4 is 0 Å². The Morgan fingerprint density at radius 2 is 2.00 bits per heavy atom. The Morgan fingerprint density at radius 1 is 1.19 bits per heavy atom. The number of likely N-dealkylation sites (tertiary alicyclic amines) is 2. The number of hydrogen-bond acceptors (Lipinski definition) is 3. The molecule has 0 aliphatic carbocycles. The molecule has 0 saturated carbocycles. The minimum atomic E-state index is -0.346. The van der Waals surface area contributed by atoms with E-state index in [0.29, 0.717) is 32.7 Å². The van der Waals surface area contributed by atoms with Gasteiger partial charge in [0.2, 0.25) is 11.8 Å². The van der Waals surface area contributed by atoms with E-state index < -0.39 is 0 Å². The Hall–Kier alpha value is -1.88. The van der Waals surface area contributed by atoms with Crippen LogP contribution in [0.3, 0.4) is 0 Å². The van der Waals surface area contributed by atoms with Crippen LogP contribution in [0.4, 0.5) is 0 Å². The highest BCUT2D eigenvalue weighted by Crippen LogP contribution is 2.40. The van der Waals surface area contributed by atoms with Gasteiger partial charge < -0.3 is 14.5 Å². The quantitative estimate of drug-likeness (QED) is 0.752. The standard InChI is InChI=1S/C21H30N2O3/c1-26-16-15-22-13-6-11-21(20(22)25)12-14-23(17-21)19(24)10-5-9-18-7-3-2-4-8-18/h2-4,7-8H,5-6,9-17H2,1H3. The molecule has 1 atom stereocenters. The maximum atomic E-state index is 13.0. The fraction of sp³-hybridized carbons (Fsp3) is 0.619. The average Bonchev–Trinajstić information content (AvgIpc) is 3.09. The lowest BCUT2D eigenvalue weighted by Gasteiger charge is -2.39. The zero-order chi connectivity index (χ0) is 18.4. The van der Waals surface area contributed by atoms with Crippen LogP contribution in [-0.2, 0) is 20.7 Å². The van der Waals surface area contributed by atoms with Gasteiger partial charge in [-0.1, -0.05) is 30.3 Å². The minimum Gasteiger partial charge on any atom is -0.383 e. The van der Waals surface area contributed by atoms with E-state index in [0.717, 1.165) is 38.6 Å². The Kier molecular flexibility index (Phi) is 6.30. The molecule has 2 aliphatic rings. The van der Waals surface area contributed by atoms with Gasteiger partial charge in [0.25, 0.3) is 0 Å². The maximum Gasteiger partial charge on any atom is 0.230 e. The molecule has 2 saturated heterocycles. The number of ether oxygens (including phenoxy) is 1. The first-order valence-corrected chi connectivity index (χ1v) is 9.75. The summed E-state index contributed by atoms with van der Waals surface area (Å²) >= 11 is 0. The van der Waals surface area contributed by atoms with Crippen LogP contribution in [0.1, 0.15) is 37.7 Å². The predicted octanol–water partition coefficient (Wildman–Crippen LogP) is 2.50. The van der Waals surface area contributed by atoms with E-state index in [1.165, 1.54) is 5.56 Å². The van der Waals surface area contributed by atoms with Crippen molar-refractivity contribution in [3.8, 4) is 0 Å². The highest BCUT2D eigenvalue weighted by molar-refractivity contribution is 5.86. The van der Waals surface area contributed by atoms with Gasteiger partial charge in [0.1, 0.15) is 0 Å². The van der Waals surface area contributed by atoms with Crippen molar-refractivity contribution in [3.05, 3.63) is 35.9 Å². The van der Waals surface area contributed by atoms with Crippen molar-refractivity contribution in [3.63, 3.8) is 0 Å². The van der Waals surface area contributed by atoms with Crippen molar-refractivity contribution in [1.82, 2.24) is 9.80 Å². The lowest BCUT2D eigenvalue weighted by molar-refractivity contribution is -0.146. The molecule has 5 heteroatoms. The van der Waals surface area contributed by atoms with Crippen molar-refractivity contribution in [2.24, 2.45) is 5.41 Å². The summed E-state index contributed by atoms with van der Waals surface area (Å²) in [5, 5.41) is 0. The number of carbonyl (C=O) groups excluding carboxylic acids is 2. The molecule has 1 aromatic carbocycles. The molecule has 0 N–H and O–H groups in total. The summed E-state index contributed by atoms with van der Waals surface area (Å²) in [5.74, 6) is 0.417. The van der Waals surface area contributed by atoms with Gasteiger partial charge in [0, 0.05) is 39.7 Å². The summed E-state index contributed by atoms with van der Waals surface area (Å²) in [7, 11) is 1.66. The summed E-state index contributed by atoms with van der Waals surface area (Å²) < 4.78 is 5.13. The molecule has 0 radical (unpaired) electrons. The molecule has 2 aliphatic heterocycles. The molecule has 2 fully saturated rings. The molecule has 2 heterocycles. The summed E-state index contributed by atoms with van der Waals surface area (Å²) in [6, 6.07) is 10.3. The third-order valence-corrected chi connectivity index (χ3v) is 5.80. The van der Waals surface area contributed by atoms with E-state index in [4.69, 9.17) is 4.74 Å². The van der Waals surface area contributed by atoms with E-state index in [2.05, 4.69) is 12.1 Å². The molecule has 5 nitrogen and oxygen atoms in total. The average molecular weight is 358 g/mol. The Labute approximate surface area is 156 Å². The Balaban J connectivity index is 1.50. The SMILES string of the molecule is COCCN1CCCC2(CCN(C(=O)CCCc3ccccc3)C2)C1=O. The second-order valence-corrected chi connectivity index (χ2v) is 7.57. The van der Waals surface area contributed by atoms with Gasteiger partial charge in [-0.2, -0.15) is 0 Å². The largest absolute Gasteiger partial charge is 0.383 e. The predicted molar refractivity (Wildman–Crippen MR) is 101 cm³/mol. The van der Waals surface area contributed by atoms with Crippen LogP contribution in [0.15, 0.2) is 30.3 Å². The van der Waals surface area contributed by atoms with Crippen molar-refractivity contribution >= 4 is 11.8 Å². The molecule has 1 aromatic rings. The summed E-state index contributed by atoms with van der Waals surface area (Å²) in [6.45, 7) is 3.36. The zero-order valence-electron chi connectivity index (χ0n) is 15.8. The number of piperidine rings is 1. The topological polar surface area (TPSA) is 49.9 Å². The number of rotatable bonds is 7. The molecule has 0 bridgehead atoms. The van der Waals surface area contributed by atoms with Gasteiger partial charge in [-0.25, -0.2) is 0 Å². The molecular formula is C21H30N2O3. The van der Waals surface area contributed by atoms with Crippen molar-refractivity contribution < 1.29 is 14.3 Å². The second-order valence-electron chi connectivity index (χ2n) is 7.57. The Bertz CT molecular complexity index is 619. The van der Waals surface area contributed by atoms with Crippen LogP contribution in [0.5, 0.6) is 0 Å². The van der Waals surface area contributed by atoms with Gasteiger partial charge in [0.05, 0.1) is 12.0 Å². The number of amides is 2. The summed E-state index contributed by atoms with van der Waals surface area (Å²) in [6.07, 6.45) is 5.08. The number of aryl methyl sites for hydroxylation is 1. The van der Waals surface area contributed by atoms with Gasteiger partial charge in [-0.15, -0.1) is 0 Å². The van der Waals surface area contributed by atoms with Gasteiger partial charge >= 0.3 is 0 Å². The van der Waals surface area contributed by atoms with E-state index in [1.807, 2.05) is 28.0 Å². The second kappa shape index (κ2) is 8.67. The highest BCUT2D eigenvalue weighted by Gasteiger charge is 2.49. The number of hydrogen-bond donors (Lipinski definition) is 0. The van der Waals surface area contributed by atoms with E-state index in [-0.39, 0.29) is 17.2 Å². The van der Waals surface area contributed by atoms with Crippen molar-refractivity contribution in [2.75, 3.05) is 39.9 Å². The van der Waals surface area contributed by atoms with E-state index in [1.54, 1.807) is 7.11 Å². The van der Waals surface area contributed by atoms with Crippen LogP contribution >= 0.6 is 0 Å². The van der Waals surface area contributed by atoms with Crippen molar-refractivity contribution in [1.29, 1.82) is 0 Å². The zero-order valence-corrected chi connectivity index (χ0v) is 15.8.